The van der Waals surface area contributed by atoms with Gasteiger partial charge in [0, 0.05) is 31.4 Å². The lowest BCUT2D eigenvalue weighted by Crippen LogP contribution is -2.34. The zero-order valence-electron chi connectivity index (χ0n) is 13.5. The van der Waals surface area contributed by atoms with Gasteiger partial charge >= 0.3 is 0 Å². The smallest absolute Gasteiger partial charge is 0.0366 e. The molecule has 1 saturated carbocycles. The molecule has 1 aromatic carbocycles. The Morgan fingerprint density at radius 2 is 1.67 bits per heavy atom. The third-order valence-corrected chi connectivity index (χ3v) is 5.39. The zero-order chi connectivity index (χ0) is 14.5. The average molecular weight is 286 g/mol. The molecule has 1 atom stereocenters. The number of anilines is 1. The van der Waals surface area contributed by atoms with Crippen molar-refractivity contribution in [3.8, 4) is 0 Å². The first-order chi connectivity index (χ1) is 10.3. The monoisotopic (exact) mass is 286 g/mol. The summed E-state index contributed by atoms with van der Waals surface area (Å²) >= 11 is 0. The predicted molar refractivity (Wildman–Crippen MR) is 90.8 cm³/mol. The second-order valence-corrected chi connectivity index (χ2v) is 6.93. The Kier molecular flexibility index (Phi) is 5.18. The molecule has 116 valence electrons. The normalized spacial score (nSPS) is 21.7. The molecule has 1 aromatic rings. The summed E-state index contributed by atoms with van der Waals surface area (Å²) in [5.41, 5.74) is 2.82. The molecule has 2 nitrogen and oxygen atoms in total. The second kappa shape index (κ2) is 7.31. The number of benzene rings is 1. The Labute approximate surface area is 129 Å². The van der Waals surface area contributed by atoms with Crippen LogP contribution in [0.5, 0.6) is 0 Å². The van der Waals surface area contributed by atoms with Gasteiger partial charge in [-0.2, -0.15) is 0 Å². The molecule has 0 bridgehead atoms. The van der Waals surface area contributed by atoms with Gasteiger partial charge in [0.15, 0.2) is 0 Å². The third-order valence-electron chi connectivity index (χ3n) is 5.39. The molecular weight excluding hydrogens is 256 g/mol. The Morgan fingerprint density at radius 1 is 1.00 bits per heavy atom. The van der Waals surface area contributed by atoms with Gasteiger partial charge in [-0.3, -0.25) is 0 Å². The maximum Gasteiger partial charge on any atom is 0.0366 e. The van der Waals surface area contributed by atoms with Crippen LogP contribution in [0.4, 0.5) is 5.69 Å². The van der Waals surface area contributed by atoms with E-state index in [1.165, 1.54) is 69.3 Å². The molecule has 0 amide bonds. The Bertz CT molecular complexity index is 414. The minimum absolute atomic E-state index is 0.656. The number of hydrogen-bond acceptors (Lipinski definition) is 2. The summed E-state index contributed by atoms with van der Waals surface area (Å²) < 4.78 is 0. The van der Waals surface area contributed by atoms with E-state index in [1.807, 2.05) is 0 Å². The second-order valence-electron chi connectivity index (χ2n) is 6.93. The highest BCUT2D eigenvalue weighted by Crippen LogP contribution is 2.26. The van der Waals surface area contributed by atoms with E-state index in [9.17, 15) is 0 Å². The highest BCUT2D eigenvalue weighted by atomic mass is 15.1. The summed E-state index contributed by atoms with van der Waals surface area (Å²) in [6.07, 6.45) is 9.85. The molecule has 2 fully saturated rings. The van der Waals surface area contributed by atoms with Gasteiger partial charge in [-0.1, -0.05) is 31.4 Å². The molecule has 21 heavy (non-hydrogen) atoms. The molecule has 1 heterocycles. The topological polar surface area (TPSA) is 15.3 Å². The van der Waals surface area contributed by atoms with Crippen molar-refractivity contribution < 1.29 is 0 Å². The van der Waals surface area contributed by atoms with E-state index in [2.05, 4.69) is 41.4 Å². The summed E-state index contributed by atoms with van der Waals surface area (Å²) in [5, 5.41) is 3.74. The van der Waals surface area contributed by atoms with Crippen molar-refractivity contribution in [1.82, 2.24) is 5.32 Å². The van der Waals surface area contributed by atoms with Crippen LogP contribution in [0.15, 0.2) is 24.3 Å². The number of nitrogens with one attached hydrogen (secondary N) is 1. The van der Waals surface area contributed by atoms with Gasteiger partial charge in [-0.25, -0.2) is 0 Å². The molecule has 1 aliphatic carbocycles. The van der Waals surface area contributed by atoms with Gasteiger partial charge in [0.25, 0.3) is 0 Å². The van der Waals surface area contributed by atoms with Crippen LogP contribution >= 0.6 is 0 Å². The minimum atomic E-state index is 0.656. The van der Waals surface area contributed by atoms with Gasteiger partial charge in [0.05, 0.1) is 0 Å². The third kappa shape index (κ3) is 4.00. The van der Waals surface area contributed by atoms with E-state index in [4.69, 9.17) is 0 Å². The van der Waals surface area contributed by atoms with Crippen LogP contribution < -0.4 is 10.2 Å². The fraction of sp³-hybridized carbons (Fsp3) is 0.684. The lowest BCUT2D eigenvalue weighted by atomic mass is 9.84. The molecule has 3 rings (SSSR count). The molecule has 1 aliphatic heterocycles. The van der Waals surface area contributed by atoms with Crippen molar-refractivity contribution in [3.63, 3.8) is 0 Å². The maximum atomic E-state index is 3.74. The summed E-state index contributed by atoms with van der Waals surface area (Å²) in [6.45, 7) is 5.85. The molecular formula is C19H30N2. The Hall–Kier alpha value is -1.02. The first kappa shape index (κ1) is 14.9. The standard InChI is InChI=1S/C19H30N2/c1-16(18-7-3-2-4-8-18)20-15-17-9-11-19(12-10-17)21-13-5-6-14-21/h9-12,16,18,20H,2-8,13-15H2,1H3/t16-/m1/s1. The molecule has 1 N–H and O–H groups in total. The van der Waals surface area contributed by atoms with Crippen molar-refractivity contribution in [3.05, 3.63) is 29.8 Å². The molecule has 0 aromatic heterocycles. The average Bonchev–Trinajstić information content (AvgIpc) is 3.08. The van der Waals surface area contributed by atoms with Gasteiger partial charge in [0.1, 0.15) is 0 Å². The van der Waals surface area contributed by atoms with Crippen LogP contribution in [0, 0.1) is 5.92 Å². The number of rotatable bonds is 5. The van der Waals surface area contributed by atoms with E-state index in [0.29, 0.717) is 6.04 Å². The first-order valence-corrected chi connectivity index (χ1v) is 8.90. The summed E-state index contributed by atoms with van der Waals surface area (Å²) in [6, 6.07) is 9.85. The highest BCUT2D eigenvalue weighted by molar-refractivity contribution is 5.48. The lowest BCUT2D eigenvalue weighted by molar-refractivity contribution is 0.280. The summed E-state index contributed by atoms with van der Waals surface area (Å²) in [5.74, 6) is 0.891. The van der Waals surface area contributed by atoms with Crippen LogP contribution in [0.1, 0.15) is 57.4 Å². The number of hydrogen-bond donors (Lipinski definition) is 1. The van der Waals surface area contributed by atoms with Crippen molar-refractivity contribution in [1.29, 1.82) is 0 Å². The van der Waals surface area contributed by atoms with E-state index < -0.39 is 0 Å². The van der Waals surface area contributed by atoms with Crippen molar-refractivity contribution >= 4 is 5.69 Å². The molecule has 0 spiro atoms. The van der Waals surface area contributed by atoms with E-state index in [0.717, 1.165) is 12.5 Å². The lowest BCUT2D eigenvalue weighted by Gasteiger charge is -2.28. The maximum absolute atomic E-state index is 3.74. The summed E-state index contributed by atoms with van der Waals surface area (Å²) in [7, 11) is 0. The van der Waals surface area contributed by atoms with Crippen molar-refractivity contribution in [2.45, 2.75) is 64.5 Å². The molecule has 2 aliphatic rings. The predicted octanol–water partition coefficient (Wildman–Crippen LogP) is 4.35. The van der Waals surface area contributed by atoms with E-state index in [1.54, 1.807) is 0 Å². The van der Waals surface area contributed by atoms with Gasteiger partial charge in [-0.05, 0) is 56.2 Å². The Morgan fingerprint density at radius 3 is 2.33 bits per heavy atom. The first-order valence-electron chi connectivity index (χ1n) is 8.90. The van der Waals surface area contributed by atoms with Crippen LogP contribution in [-0.2, 0) is 6.54 Å². The quantitative estimate of drug-likeness (QED) is 0.866. The highest BCUT2D eigenvalue weighted by Gasteiger charge is 2.19. The zero-order valence-corrected chi connectivity index (χ0v) is 13.5. The largest absolute Gasteiger partial charge is 0.372 e. The molecule has 0 unspecified atom stereocenters. The molecule has 0 radical (unpaired) electrons. The summed E-state index contributed by atoms with van der Waals surface area (Å²) in [4.78, 5) is 2.50. The van der Waals surface area contributed by atoms with E-state index >= 15 is 0 Å². The number of nitrogens with zero attached hydrogens (tertiary/aromatic N) is 1. The fourth-order valence-electron chi connectivity index (χ4n) is 3.88. The fourth-order valence-corrected chi connectivity index (χ4v) is 3.88. The van der Waals surface area contributed by atoms with Crippen molar-refractivity contribution in [2.24, 2.45) is 5.92 Å². The molecule has 1 saturated heterocycles. The Balaban J connectivity index is 1.48. The van der Waals surface area contributed by atoms with Crippen LogP contribution in [0.2, 0.25) is 0 Å². The van der Waals surface area contributed by atoms with Gasteiger partial charge < -0.3 is 10.2 Å². The van der Waals surface area contributed by atoms with Crippen LogP contribution in [-0.4, -0.2) is 19.1 Å². The van der Waals surface area contributed by atoms with Crippen LogP contribution in [0.25, 0.3) is 0 Å². The SMILES string of the molecule is C[C@@H](NCc1ccc(N2CCCC2)cc1)C1CCCCC1. The van der Waals surface area contributed by atoms with E-state index in [-0.39, 0.29) is 0 Å². The van der Waals surface area contributed by atoms with Crippen molar-refractivity contribution in [2.75, 3.05) is 18.0 Å². The van der Waals surface area contributed by atoms with Gasteiger partial charge in [0.2, 0.25) is 0 Å². The minimum Gasteiger partial charge on any atom is -0.372 e. The molecule has 2 heteroatoms. The van der Waals surface area contributed by atoms with Gasteiger partial charge in [-0.15, -0.1) is 0 Å². The van der Waals surface area contributed by atoms with Crippen LogP contribution in [0.3, 0.4) is 0 Å².